The van der Waals surface area contributed by atoms with Crippen LogP contribution in [0.2, 0.25) is 5.28 Å². The van der Waals surface area contributed by atoms with Crippen LogP contribution in [0.5, 0.6) is 0 Å². The van der Waals surface area contributed by atoms with Gasteiger partial charge in [0.1, 0.15) is 11.5 Å². The summed E-state index contributed by atoms with van der Waals surface area (Å²) in [6.07, 6.45) is 0.304. The number of nitrogens with zero attached hydrogens (tertiary/aromatic N) is 3. The fraction of sp³-hybridized carbons (Fsp3) is 0.444. The average Bonchev–Trinajstić information content (AvgIpc) is 2.64. The number of hydrogen-bond donors (Lipinski definition) is 2. The van der Waals surface area contributed by atoms with Crippen molar-refractivity contribution in [3.8, 4) is 0 Å². The monoisotopic (exact) mass is 242 g/mol. The number of carbonyl (C=O) groups is 1. The number of rotatable bonds is 2. The summed E-state index contributed by atoms with van der Waals surface area (Å²) in [5, 5.41) is 9.38. The van der Waals surface area contributed by atoms with Crippen molar-refractivity contribution in [2.45, 2.75) is 12.5 Å². The van der Waals surface area contributed by atoms with Crippen molar-refractivity contribution < 1.29 is 9.90 Å². The van der Waals surface area contributed by atoms with Gasteiger partial charge in [-0.2, -0.15) is 0 Å². The van der Waals surface area contributed by atoms with Crippen LogP contribution in [0.4, 0.5) is 5.82 Å². The quantitative estimate of drug-likeness (QED) is 0.701. The molecular weight excluding hydrogens is 232 g/mol. The second kappa shape index (κ2) is 4.23. The van der Waals surface area contributed by atoms with Gasteiger partial charge in [0, 0.05) is 19.2 Å². The molecule has 0 radical (unpaired) electrons. The lowest BCUT2D eigenvalue weighted by Crippen LogP contribution is -2.23. The van der Waals surface area contributed by atoms with E-state index in [-0.39, 0.29) is 17.1 Å². The number of aliphatic hydroxyl groups excluding tert-OH is 1. The van der Waals surface area contributed by atoms with Gasteiger partial charge in [-0.05, 0) is 18.0 Å². The molecule has 86 valence electrons. The average molecular weight is 243 g/mol. The number of anilines is 1. The van der Waals surface area contributed by atoms with Crippen LogP contribution in [0.15, 0.2) is 6.07 Å². The van der Waals surface area contributed by atoms with Crippen molar-refractivity contribution in [2.75, 3.05) is 18.0 Å². The number of amides is 1. The van der Waals surface area contributed by atoms with Crippen LogP contribution in [0.3, 0.4) is 0 Å². The highest BCUT2D eigenvalue weighted by Crippen LogP contribution is 2.20. The summed E-state index contributed by atoms with van der Waals surface area (Å²) in [5.41, 5.74) is 5.20. The second-order valence-corrected chi connectivity index (χ2v) is 3.97. The maximum atomic E-state index is 11.0. The van der Waals surface area contributed by atoms with Gasteiger partial charge < -0.3 is 15.7 Å². The maximum Gasteiger partial charge on any atom is 0.267 e. The molecule has 1 aliphatic heterocycles. The lowest BCUT2D eigenvalue weighted by Gasteiger charge is -2.16. The van der Waals surface area contributed by atoms with Gasteiger partial charge in [-0.1, -0.05) is 0 Å². The Hall–Kier alpha value is -1.40. The van der Waals surface area contributed by atoms with E-state index in [9.17, 15) is 9.90 Å². The van der Waals surface area contributed by atoms with E-state index in [0.717, 1.165) is 0 Å². The fourth-order valence-electron chi connectivity index (χ4n) is 1.64. The van der Waals surface area contributed by atoms with Crippen molar-refractivity contribution in [3.63, 3.8) is 0 Å². The predicted molar refractivity (Wildman–Crippen MR) is 58.4 cm³/mol. The maximum absolute atomic E-state index is 11.0. The van der Waals surface area contributed by atoms with Crippen LogP contribution in [-0.2, 0) is 0 Å². The van der Waals surface area contributed by atoms with Crippen LogP contribution >= 0.6 is 11.6 Å². The minimum atomic E-state index is -0.648. The Balaban J connectivity index is 2.30. The van der Waals surface area contributed by atoms with Crippen LogP contribution in [0.1, 0.15) is 16.9 Å². The van der Waals surface area contributed by atoms with Crippen LogP contribution in [0, 0.1) is 0 Å². The fourth-order valence-corrected chi connectivity index (χ4v) is 1.82. The number of primary amides is 1. The molecule has 1 aromatic heterocycles. The number of aromatic nitrogens is 2. The van der Waals surface area contributed by atoms with Crippen molar-refractivity contribution >= 4 is 23.3 Å². The van der Waals surface area contributed by atoms with Crippen molar-refractivity contribution in [3.05, 3.63) is 17.0 Å². The first-order valence-electron chi connectivity index (χ1n) is 4.83. The number of halogens is 1. The van der Waals surface area contributed by atoms with Gasteiger partial charge in [0.25, 0.3) is 5.91 Å². The molecule has 0 aromatic carbocycles. The zero-order valence-electron chi connectivity index (χ0n) is 8.43. The molecule has 1 atom stereocenters. The topological polar surface area (TPSA) is 92.3 Å². The number of aliphatic hydroxyl groups is 1. The molecule has 1 fully saturated rings. The van der Waals surface area contributed by atoms with Gasteiger partial charge in [0.05, 0.1) is 6.10 Å². The van der Waals surface area contributed by atoms with E-state index in [2.05, 4.69) is 9.97 Å². The van der Waals surface area contributed by atoms with E-state index < -0.39 is 5.91 Å². The van der Waals surface area contributed by atoms with Crippen molar-refractivity contribution in [2.24, 2.45) is 5.73 Å². The van der Waals surface area contributed by atoms with Gasteiger partial charge in [-0.3, -0.25) is 4.79 Å². The molecule has 1 aliphatic rings. The molecule has 3 N–H and O–H groups in total. The molecule has 0 spiro atoms. The Morgan fingerprint density at radius 1 is 1.62 bits per heavy atom. The molecule has 0 bridgehead atoms. The Morgan fingerprint density at radius 3 is 2.94 bits per heavy atom. The Bertz CT molecular complexity index is 426. The lowest BCUT2D eigenvalue weighted by atomic mass is 10.3. The molecule has 6 nitrogen and oxygen atoms in total. The van der Waals surface area contributed by atoms with Crippen LogP contribution < -0.4 is 10.6 Å². The summed E-state index contributed by atoms with van der Waals surface area (Å²) in [4.78, 5) is 20.5. The second-order valence-electron chi connectivity index (χ2n) is 3.63. The highest BCUT2D eigenvalue weighted by molar-refractivity contribution is 6.28. The number of hydrogen-bond acceptors (Lipinski definition) is 5. The summed E-state index contributed by atoms with van der Waals surface area (Å²) in [7, 11) is 0. The summed E-state index contributed by atoms with van der Waals surface area (Å²) >= 11 is 5.69. The molecular formula is C9H11ClN4O2. The predicted octanol–water partition coefficient (Wildman–Crippen LogP) is -0.200. The van der Waals surface area contributed by atoms with Gasteiger partial charge in [0.15, 0.2) is 0 Å². The minimum Gasteiger partial charge on any atom is -0.391 e. The third-order valence-corrected chi connectivity index (χ3v) is 2.59. The normalized spacial score (nSPS) is 20.1. The van der Waals surface area contributed by atoms with E-state index >= 15 is 0 Å². The van der Waals surface area contributed by atoms with Crippen molar-refractivity contribution in [1.29, 1.82) is 0 Å². The van der Waals surface area contributed by atoms with Gasteiger partial charge in [-0.25, -0.2) is 9.97 Å². The lowest BCUT2D eigenvalue weighted by molar-refractivity contribution is 0.0995. The van der Waals surface area contributed by atoms with E-state index in [1.807, 2.05) is 4.90 Å². The summed E-state index contributed by atoms with van der Waals surface area (Å²) in [6.45, 7) is 1.15. The third kappa shape index (κ3) is 2.23. The Labute approximate surface area is 97.0 Å². The summed E-state index contributed by atoms with van der Waals surface area (Å²) in [5.74, 6) is -0.129. The first-order chi connectivity index (χ1) is 7.56. The minimum absolute atomic E-state index is 0.0207. The highest BCUT2D eigenvalue weighted by Gasteiger charge is 2.22. The standard InChI is InChI=1S/C9H11ClN4O2/c10-9-12-6(8(11)16)3-7(13-9)14-2-1-5(15)4-14/h3,5,15H,1-2,4H2,(H2,11,16)/t5-/m0/s1. The van der Waals surface area contributed by atoms with Gasteiger partial charge in [0.2, 0.25) is 5.28 Å². The molecule has 1 aromatic rings. The van der Waals surface area contributed by atoms with Crippen molar-refractivity contribution in [1.82, 2.24) is 9.97 Å². The van der Waals surface area contributed by atoms with E-state index in [1.54, 1.807) is 0 Å². The number of nitrogens with two attached hydrogens (primary N) is 1. The number of carbonyl (C=O) groups excluding carboxylic acids is 1. The largest absolute Gasteiger partial charge is 0.391 e. The van der Waals surface area contributed by atoms with Crippen LogP contribution in [0.25, 0.3) is 0 Å². The zero-order chi connectivity index (χ0) is 11.7. The summed E-state index contributed by atoms with van der Waals surface area (Å²) in [6, 6.07) is 1.48. The van der Waals surface area contributed by atoms with Gasteiger partial charge >= 0.3 is 0 Å². The van der Waals surface area contributed by atoms with E-state index in [4.69, 9.17) is 17.3 Å². The van der Waals surface area contributed by atoms with E-state index in [1.165, 1.54) is 6.07 Å². The molecule has 2 heterocycles. The molecule has 1 amide bonds. The first kappa shape index (κ1) is 11.1. The SMILES string of the molecule is NC(=O)c1cc(N2CC[C@H](O)C2)nc(Cl)n1. The zero-order valence-corrected chi connectivity index (χ0v) is 9.18. The summed E-state index contributed by atoms with van der Waals surface area (Å²) < 4.78 is 0. The molecule has 0 aliphatic carbocycles. The van der Waals surface area contributed by atoms with E-state index in [0.29, 0.717) is 25.3 Å². The molecule has 2 rings (SSSR count). The molecule has 0 unspecified atom stereocenters. The van der Waals surface area contributed by atoms with Crippen LogP contribution in [-0.4, -0.2) is 40.2 Å². The number of β-amino-alcohol motifs (C(OH)–C–C–N with tert-alkyl or cyclic N) is 1. The smallest absolute Gasteiger partial charge is 0.267 e. The van der Waals surface area contributed by atoms with Gasteiger partial charge in [-0.15, -0.1) is 0 Å². The molecule has 7 heteroatoms. The Morgan fingerprint density at radius 2 is 2.38 bits per heavy atom. The molecule has 16 heavy (non-hydrogen) atoms. The molecule has 1 saturated heterocycles. The first-order valence-corrected chi connectivity index (χ1v) is 5.21. The highest BCUT2D eigenvalue weighted by atomic mass is 35.5. The molecule has 0 saturated carbocycles. The Kier molecular flexibility index (Phi) is 2.93. The third-order valence-electron chi connectivity index (χ3n) is 2.43.